The van der Waals surface area contributed by atoms with Gasteiger partial charge in [0.2, 0.25) is 0 Å². The minimum Gasteiger partial charge on any atom is -0.236 e. The first kappa shape index (κ1) is 12.9. The van der Waals surface area contributed by atoms with Crippen LogP contribution in [0.4, 0.5) is 4.39 Å². The molecule has 0 unspecified atom stereocenters. The molecule has 0 aliphatic heterocycles. The number of pyridine rings is 1. The second kappa shape index (κ2) is 4.80. The molecule has 1 heterocycles. The van der Waals surface area contributed by atoms with Crippen molar-refractivity contribution < 1.29 is 4.39 Å². The van der Waals surface area contributed by atoms with Gasteiger partial charge in [0.05, 0.1) is 11.3 Å². The van der Waals surface area contributed by atoms with Gasteiger partial charge in [-0.3, -0.25) is 0 Å². The van der Waals surface area contributed by atoms with Crippen LogP contribution in [0.3, 0.4) is 0 Å². The van der Waals surface area contributed by atoms with E-state index in [2.05, 4.69) is 4.98 Å². The van der Waals surface area contributed by atoms with Crippen molar-refractivity contribution in [3.8, 4) is 6.07 Å². The third kappa shape index (κ3) is 2.17. The van der Waals surface area contributed by atoms with Crippen molar-refractivity contribution >= 4 is 11.6 Å². The fourth-order valence-corrected chi connectivity index (χ4v) is 1.84. The van der Waals surface area contributed by atoms with Crippen LogP contribution in [-0.4, -0.2) is 4.98 Å². The molecule has 0 amide bonds. The minimum absolute atomic E-state index is 0.0530. The van der Waals surface area contributed by atoms with Gasteiger partial charge >= 0.3 is 0 Å². The van der Waals surface area contributed by atoms with Crippen molar-refractivity contribution in [1.29, 1.82) is 5.26 Å². The van der Waals surface area contributed by atoms with Crippen LogP contribution in [0.1, 0.15) is 56.4 Å². The van der Waals surface area contributed by atoms with E-state index < -0.39 is 5.82 Å². The second-order valence-corrected chi connectivity index (χ2v) is 4.67. The Balaban J connectivity index is 3.61. The molecule has 2 nitrogen and oxygen atoms in total. The molecule has 0 fully saturated rings. The summed E-state index contributed by atoms with van der Waals surface area (Å²) in [6, 6.07) is 1.92. The van der Waals surface area contributed by atoms with Crippen LogP contribution in [0.15, 0.2) is 0 Å². The zero-order chi connectivity index (χ0) is 12.5. The second-order valence-electron chi connectivity index (χ2n) is 4.31. The highest BCUT2D eigenvalue weighted by atomic mass is 35.5. The Labute approximate surface area is 100 Å². The maximum atomic E-state index is 14.1. The topological polar surface area (TPSA) is 36.7 Å². The van der Waals surface area contributed by atoms with Crippen LogP contribution in [0.5, 0.6) is 0 Å². The van der Waals surface area contributed by atoms with Gasteiger partial charge in [-0.15, -0.1) is 0 Å². The zero-order valence-electron chi connectivity index (χ0n) is 9.81. The maximum absolute atomic E-state index is 14.1. The van der Waals surface area contributed by atoms with Crippen LogP contribution >= 0.6 is 11.6 Å². The molecule has 1 aromatic rings. The fourth-order valence-electron chi connectivity index (χ4n) is 1.60. The normalized spacial score (nSPS) is 10.9. The lowest BCUT2D eigenvalue weighted by Gasteiger charge is -2.15. The maximum Gasteiger partial charge on any atom is 0.149 e. The van der Waals surface area contributed by atoms with Gasteiger partial charge in [0.25, 0.3) is 0 Å². The summed E-state index contributed by atoms with van der Waals surface area (Å²) in [5.74, 6) is -0.540. The predicted octanol–water partition coefficient (Wildman–Crippen LogP) is 3.99. The van der Waals surface area contributed by atoms with E-state index in [1.165, 1.54) is 0 Å². The van der Waals surface area contributed by atoms with E-state index in [1.807, 2.05) is 33.8 Å². The van der Waals surface area contributed by atoms with Gasteiger partial charge in [-0.2, -0.15) is 5.26 Å². The average Bonchev–Trinajstić information content (AvgIpc) is 2.19. The monoisotopic (exact) mass is 240 g/mol. The standard InChI is InChI=1S/C12H14ClFN2/c1-6(2)9-8(5-15)12(13)16-11(7(3)4)10(9)14/h6-7H,1-4H3. The Morgan fingerprint density at radius 1 is 1.25 bits per heavy atom. The molecule has 0 radical (unpaired) electrons. The van der Waals surface area contributed by atoms with Gasteiger partial charge in [0.1, 0.15) is 17.0 Å². The van der Waals surface area contributed by atoms with Gasteiger partial charge in [0, 0.05) is 5.56 Å². The number of nitriles is 1. The van der Waals surface area contributed by atoms with E-state index in [1.54, 1.807) is 0 Å². The van der Waals surface area contributed by atoms with E-state index in [-0.39, 0.29) is 22.6 Å². The van der Waals surface area contributed by atoms with Crippen molar-refractivity contribution in [2.75, 3.05) is 0 Å². The number of aromatic nitrogens is 1. The molecular formula is C12H14ClFN2. The molecule has 4 heteroatoms. The number of hydrogen-bond acceptors (Lipinski definition) is 2. The number of hydrogen-bond donors (Lipinski definition) is 0. The molecular weight excluding hydrogens is 227 g/mol. The van der Waals surface area contributed by atoms with Crippen LogP contribution < -0.4 is 0 Å². The molecule has 0 spiro atoms. The van der Waals surface area contributed by atoms with E-state index in [0.29, 0.717) is 11.3 Å². The number of rotatable bonds is 2. The molecule has 0 N–H and O–H groups in total. The Morgan fingerprint density at radius 2 is 1.81 bits per heavy atom. The predicted molar refractivity (Wildman–Crippen MR) is 62.1 cm³/mol. The molecule has 0 saturated carbocycles. The molecule has 16 heavy (non-hydrogen) atoms. The molecule has 0 atom stereocenters. The summed E-state index contributed by atoms with van der Waals surface area (Å²) in [6.45, 7) is 7.36. The minimum atomic E-state index is -0.397. The highest BCUT2D eigenvalue weighted by Gasteiger charge is 2.22. The lowest BCUT2D eigenvalue weighted by molar-refractivity contribution is 0.559. The fraction of sp³-hybridized carbons (Fsp3) is 0.500. The molecule has 1 aromatic heterocycles. The van der Waals surface area contributed by atoms with E-state index in [0.717, 1.165) is 0 Å². The van der Waals surface area contributed by atoms with Crippen molar-refractivity contribution in [2.45, 2.75) is 39.5 Å². The lowest BCUT2D eigenvalue weighted by Crippen LogP contribution is -2.07. The zero-order valence-corrected chi connectivity index (χ0v) is 10.6. The Hall–Kier alpha value is -1.14. The van der Waals surface area contributed by atoms with E-state index in [4.69, 9.17) is 16.9 Å². The van der Waals surface area contributed by atoms with Gasteiger partial charge in [-0.25, -0.2) is 9.37 Å². The molecule has 0 aromatic carbocycles. The first-order chi connectivity index (χ1) is 7.40. The summed E-state index contributed by atoms with van der Waals surface area (Å²) in [6.07, 6.45) is 0. The van der Waals surface area contributed by atoms with Gasteiger partial charge < -0.3 is 0 Å². The molecule has 0 aliphatic rings. The van der Waals surface area contributed by atoms with Crippen LogP contribution in [0, 0.1) is 17.1 Å². The van der Waals surface area contributed by atoms with Gasteiger partial charge in [-0.05, 0) is 11.8 Å². The lowest BCUT2D eigenvalue weighted by atomic mass is 9.95. The van der Waals surface area contributed by atoms with E-state index in [9.17, 15) is 4.39 Å². The van der Waals surface area contributed by atoms with Crippen LogP contribution in [0.25, 0.3) is 0 Å². The molecule has 0 aliphatic carbocycles. The number of nitrogens with zero attached hydrogens (tertiary/aromatic N) is 2. The van der Waals surface area contributed by atoms with Crippen molar-refractivity contribution in [2.24, 2.45) is 0 Å². The highest BCUT2D eigenvalue weighted by Crippen LogP contribution is 2.31. The summed E-state index contributed by atoms with van der Waals surface area (Å²) in [5.41, 5.74) is 0.845. The quantitative estimate of drug-likeness (QED) is 0.733. The largest absolute Gasteiger partial charge is 0.236 e. The summed E-state index contributed by atoms with van der Waals surface area (Å²) >= 11 is 5.89. The Kier molecular flexibility index (Phi) is 3.88. The summed E-state index contributed by atoms with van der Waals surface area (Å²) in [5, 5.41) is 9.05. The van der Waals surface area contributed by atoms with Gasteiger partial charge in [-0.1, -0.05) is 39.3 Å². The molecule has 1 rings (SSSR count). The average molecular weight is 241 g/mol. The smallest absolute Gasteiger partial charge is 0.149 e. The van der Waals surface area contributed by atoms with Crippen molar-refractivity contribution in [1.82, 2.24) is 4.98 Å². The van der Waals surface area contributed by atoms with Crippen LogP contribution in [-0.2, 0) is 0 Å². The summed E-state index contributed by atoms with van der Waals surface area (Å²) in [4.78, 5) is 3.95. The Morgan fingerprint density at radius 3 is 2.19 bits per heavy atom. The van der Waals surface area contributed by atoms with Crippen molar-refractivity contribution in [3.63, 3.8) is 0 Å². The van der Waals surface area contributed by atoms with Crippen molar-refractivity contribution in [3.05, 3.63) is 27.8 Å². The summed E-state index contributed by atoms with van der Waals surface area (Å²) < 4.78 is 14.1. The number of halogens is 2. The molecule has 0 saturated heterocycles. The van der Waals surface area contributed by atoms with Gasteiger partial charge in [0.15, 0.2) is 0 Å². The van der Waals surface area contributed by atoms with Crippen LogP contribution in [0.2, 0.25) is 5.15 Å². The molecule has 86 valence electrons. The first-order valence-electron chi connectivity index (χ1n) is 5.19. The third-order valence-corrected chi connectivity index (χ3v) is 2.67. The first-order valence-corrected chi connectivity index (χ1v) is 5.56. The highest BCUT2D eigenvalue weighted by molar-refractivity contribution is 6.30. The Bertz CT molecular complexity index is 447. The molecule has 0 bridgehead atoms. The SMILES string of the molecule is CC(C)c1nc(Cl)c(C#N)c(C(C)C)c1F. The third-order valence-electron chi connectivity index (χ3n) is 2.39. The summed E-state index contributed by atoms with van der Waals surface area (Å²) in [7, 11) is 0. The van der Waals surface area contributed by atoms with E-state index >= 15 is 0 Å².